The summed E-state index contributed by atoms with van der Waals surface area (Å²) in [5.41, 5.74) is 0.706. The number of benzene rings is 1. The quantitative estimate of drug-likeness (QED) is 0.840. The standard InChI is InChI=1S/C13H16N4O2S/c1-2-14-10-11-6-3-4-7-12(11)20(18,19)17-13-15-8-5-9-16-13/h3-9,14H,2,10H2,1H3,(H,15,16,17). The first-order valence-corrected chi connectivity index (χ1v) is 7.70. The van der Waals surface area contributed by atoms with Gasteiger partial charge in [-0.2, -0.15) is 0 Å². The minimum atomic E-state index is -3.69. The van der Waals surface area contributed by atoms with Gasteiger partial charge in [0.15, 0.2) is 0 Å². The summed E-state index contributed by atoms with van der Waals surface area (Å²) >= 11 is 0. The van der Waals surface area contributed by atoms with Gasteiger partial charge in [0.2, 0.25) is 5.95 Å². The van der Waals surface area contributed by atoms with Crippen LogP contribution < -0.4 is 10.0 Å². The Morgan fingerprint density at radius 1 is 1.10 bits per heavy atom. The molecule has 106 valence electrons. The van der Waals surface area contributed by atoms with E-state index in [0.717, 1.165) is 6.54 Å². The van der Waals surface area contributed by atoms with Crippen LogP contribution in [0.25, 0.3) is 0 Å². The predicted molar refractivity (Wildman–Crippen MR) is 76.7 cm³/mol. The predicted octanol–water partition coefficient (Wildman–Crippen LogP) is 1.39. The monoisotopic (exact) mass is 292 g/mol. The van der Waals surface area contributed by atoms with Crippen molar-refractivity contribution in [2.75, 3.05) is 11.3 Å². The van der Waals surface area contributed by atoms with Crippen LogP contribution in [0.4, 0.5) is 5.95 Å². The molecule has 1 aromatic heterocycles. The molecule has 2 rings (SSSR count). The Balaban J connectivity index is 2.30. The number of aromatic nitrogens is 2. The lowest BCUT2D eigenvalue weighted by Gasteiger charge is -2.11. The normalized spacial score (nSPS) is 11.2. The largest absolute Gasteiger partial charge is 0.313 e. The van der Waals surface area contributed by atoms with Gasteiger partial charge in [0.1, 0.15) is 0 Å². The molecule has 0 aliphatic carbocycles. The fourth-order valence-electron chi connectivity index (χ4n) is 1.70. The second-order valence-corrected chi connectivity index (χ2v) is 5.72. The zero-order valence-electron chi connectivity index (χ0n) is 11.1. The number of nitrogens with one attached hydrogen (secondary N) is 2. The highest BCUT2D eigenvalue weighted by Crippen LogP contribution is 2.17. The smallest absolute Gasteiger partial charge is 0.264 e. The maximum Gasteiger partial charge on any atom is 0.264 e. The van der Waals surface area contributed by atoms with E-state index in [9.17, 15) is 8.42 Å². The summed E-state index contributed by atoms with van der Waals surface area (Å²) in [6, 6.07) is 8.47. The number of rotatable bonds is 6. The van der Waals surface area contributed by atoms with Crippen molar-refractivity contribution in [1.82, 2.24) is 15.3 Å². The third-order valence-electron chi connectivity index (χ3n) is 2.62. The summed E-state index contributed by atoms with van der Waals surface area (Å²) < 4.78 is 27.1. The Bertz CT molecular complexity index is 659. The van der Waals surface area contributed by atoms with Crippen LogP contribution in [0.1, 0.15) is 12.5 Å². The zero-order valence-corrected chi connectivity index (χ0v) is 11.9. The highest BCUT2D eigenvalue weighted by molar-refractivity contribution is 7.92. The summed E-state index contributed by atoms with van der Waals surface area (Å²) in [5, 5.41) is 3.12. The molecule has 2 N–H and O–H groups in total. The fourth-order valence-corrected chi connectivity index (χ4v) is 2.90. The van der Waals surface area contributed by atoms with E-state index in [1.165, 1.54) is 12.4 Å². The lowest BCUT2D eigenvalue weighted by molar-refractivity contribution is 0.598. The molecule has 1 aromatic carbocycles. The number of hydrogen-bond acceptors (Lipinski definition) is 5. The van der Waals surface area contributed by atoms with Crippen LogP contribution in [0, 0.1) is 0 Å². The molecule has 0 saturated carbocycles. The molecule has 6 nitrogen and oxygen atoms in total. The molecule has 2 aromatic rings. The molecule has 0 unspecified atom stereocenters. The minimum absolute atomic E-state index is 0.0609. The summed E-state index contributed by atoms with van der Waals surface area (Å²) in [7, 11) is -3.69. The van der Waals surface area contributed by atoms with Crippen LogP contribution in [0.15, 0.2) is 47.6 Å². The Morgan fingerprint density at radius 2 is 1.80 bits per heavy atom. The lowest BCUT2D eigenvalue weighted by atomic mass is 10.2. The molecule has 0 aliphatic heterocycles. The lowest BCUT2D eigenvalue weighted by Crippen LogP contribution is -2.19. The van der Waals surface area contributed by atoms with Gasteiger partial charge < -0.3 is 5.32 Å². The topological polar surface area (TPSA) is 84.0 Å². The van der Waals surface area contributed by atoms with Gasteiger partial charge in [0.25, 0.3) is 10.0 Å². The van der Waals surface area contributed by atoms with Crippen molar-refractivity contribution in [2.24, 2.45) is 0 Å². The molecule has 0 spiro atoms. The van der Waals surface area contributed by atoms with E-state index in [4.69, 9.17) is 0 Å². The summed E-state index contributed by atoms with van der Waals surface area (Å²) in [6.07, 6.45) is 2.96. The van der Waals surface area contributed by atoms with Crippen molar-refractivity contribution in [3.05, 3.63) is 48.3 Å². The van der Waals surface area contributed by atoms with E-state index in [-0.39, 0.29) is 10.8 Å². The zero-order chi connectivity index (χ0) is 14.4. The number of nitrogens with zero attached hydrogens (tertiary/aromatic N) is 2. The van der Waals surface area contributed by atoms with E-state index >= 15 is 0 Å². The van der Waals surface area contributed by atoms with E-state index in [2.05, 4.69) is 20.0 Å². The molecule has 0 aliphatic rings. The van der Waals surface area contributed by atoms with Crippen LogP contribution in [-0.2, 0) is 16.6 Å². The van der Waals surface area contributed by atoms with Crippen molar-refractivity contribution >= 4 is 16.0 Å². The highest BCUT2D eigenvalue weighted by Gasteiger charge is 2.18. The van der Waals surface area contributed by atoms with Gasteiger partial charge in [-0.3, -0.25) is 0 Å². The summed E-state index contributed by atoms with van der Waals surface area (Å²) in [4.78, 5) is 7.96. The Kier molecular flexibility index (Phi) is 4.65. The average molecular weight is 292 g/mol. The maximum absolute atomic E-state index is 12.4. The molecule has 7 heteroatoms. The summed E-state index contributed by atoms with van der Waals surface area (Å²) in [5.74, 6) is 0.0609. The van der Waals surface area contributed by atoms with Gasteiger partial charge in [-0.15, -0.1) is 0 Å². The van der Waals surface area contributed by atoms with Gasteiger partial charge in [-0.25, -0.2) is 23.1 Å². The number of anilines is 1. The average Bonchev–Trinajstić information content (AvgIpc) is 2.46. The Labute approximate surface area is 118 Å². The molecular weight excluding hydrogens is 276 g/mol. The SMILES string of the molecule is CCNCc1ccccc1S(=O)(=O)Nc1ncccn1. The first-order valence-electron chi connectivity index (χ1n) is 6.22. The van der Waals surface area contributed by atoms with Crippen LogP contribution >= 0.6 is 0 Å². The third kappa shape index (κ3) is 3.52. The maximum atomic E-state index is 12.4. The first kappa shape index (κ1) is 14.4. The molecule has 0 atom stereocenters. The molecule has 0 bridgehead atoms. The van der Waals surface area contributed by atoms with Gasteiger partial charge >= 0.3 is 0 Å². The minimum Gasteiger partial charge on any atom is -0.313 e. The fraction of sp³-hybridized carbons (Fsp3) is 0.231. The van der Waals surface area contributed by atoms with Gasteiger partial charge in [0, 0.05) is 18.9 Å². The van der Waals surface area contributed by atoms with E-state index in [0.29, 0.717) is 12.1 Å². The highest BCUT2D eigenvalue weighted by atomic mass is 32.2. The van der Waals surface area contributed by atoms with E-state index in [1.807, 2.05) is 13.0 Å². The summed E-state index contributed by atoms with van der Waals surface area (Å²) in [6.45, 7) is 3.22. The second-order valence-electron chi connectivity index (χ2n) is 4.07. The molecule has 0 amide bonds. The number of hydrogen-bond donors (Lipinski definition) is 2. The van der Waals surface area contributed by atoms with Crippen molar-refractivity contribution < 1.29 is 8.42 Å². The second kappa shape index (κ2) is 6.44. The molecule has 0 saturated heterocycles. The van der Waals surface area contributed by atoms with Crippen molar-refractivity contribution in [1.29, 1.82) is 0 Å². The van der Waals surface area contributed by atoms with Crippen LogP contribution in [-0.4, -0.2) is 24.9 Å². The molecule has 0 fully saturated rings. The van der Waals surface area contributed by atoms with E-state index < -0.39 is 10.0 Å². The van der Waals surface area contributed by atoms with Gasteiger partial charge in [-0.05, 0) is 24.2 Å². The number of sulfonamides is 1. The molecule has 1 heterocycles. The van der Waals surface area contributed by atoms with Crippen molar-refractivity contribution in [2.45, 2.75) is 18.4 Å². The van der Waals surface area contributed by atoms with Crippen molar-refractivity contribution in [3.8, 4) is 0 Å². The van der Waals surface area contributed by atoms with Crippen molar-refractivity contribution in [3.63, 3.8) is 0 Å². The molecule has 20 heavy (non-hydrogen) atoms. The van der Waals surface area contributed by atoms with Gasteiger partial charge in [0.05, 0.1) is 4.90 Å². The van der Waals surface area contributed by atoms with E-state index in [1.54, 1.807) is 24.3 Å². The van der Waals surface area contributed by atoms with Gasteiger partial charge in [-0.1, -0.05) is 25.1 Å². The van der Waals surface area contributed by atoms with Crippen LogP contribution in [0.5, 0.6) is 0 Å². The third-order valence-corrected chi connectivity index (χ3v) is 4.05. The Hall–Kier alpha value is -1.99. The first-order chi connectivity index (χ1) is 9.63. The molecular formula is C13H16N4O2S. The molecule has 0 radical (unpaired) electrons. The Morgan fingerprint density at radius 3 is 2.50 bits per heavy atom. The van der Waals surface area contributed by atoms with Crippen LogP contribution in [0.3, 0.4) is 0 Å². The van der Waals surface area contributed by atoms with Crippen LogP contribution in [0.2, 0.25) is 0 Å².